The van der Waals surface area contributed by atoms with E-state index in [-0.39, 0.29) is 18.7 Å². The van der Waals surface area contributed by atoms with Gasteiger partial charge in [0.1, 0.15) is 0 Å². The van der Waals surface area contributed by atoms with Gasteiger partial charge in [-0.05, 0) is 11.6 Å². The van der Waals surface area contributed by atoms with Crippen LogP contribution in [0.15, 0.2) is 24.3 Å². The summed E-state index contributed by atoms with van der Waals surface area (Å²) in [5.41, 5.74) is 1.76. The van der Waals surface area contributed by atoms with Crippen molar-refractivity contribution in [3.05, 3.63) is 29.8 Å². The summed E-state index contributed by atoms with van der Waals surface area (Å²) in [5.74, 6) is -0.265. The van der Waals surface area contributed by atoms with Crippen LogP contribution in [0.4, 0.5) is 5.69 Å². The highest BCUT2D eigenvalue weighted by Crippen LogP contribution is 2.16. The number of nitrogens with one attached hydrogen (secondary N) is 1. The summed E-state index contributed by atoms with van der Waals surface area (Å²) in [7, 11) is 4.54. The molecule has 0 bridgehead atoms. The predicted molar refractivity (Wildman–Crippen MR) is 68.5 cm³/mol. The van der Waals surface area contributed by atoms with Gasteiger partial charge in [-0.15, -0.1) is 0 Å². The lowest BCUT2D eigenvalue weighted by molar-refractivity contribution is -0.139. The number of esters is 1. The topological polar surface area (TPSA) is 56.8 Å². The highest BCUT2D eigenvalue weighted by atomic mass is 16.7. The van der Waals surface area contributed by atoms with Crippen LogP contribution in [-0.4, -0.2) is 40.1 Å². The van der Waals surface area contributed by atoms with E-state index in [0.717, 1.165) is 11.3 Å². The Balaban J connectivity index is 2.67. The monoisotopic (exact) mass is 253 g/mol. The fraction of sp³-hybridized carbons (Fsp3) is 0.462. The second-order valence-corrected chi connectivity index (χ2v) is 3.69. The van der Waals surface area contributed by atoms with Crippen molar-refractivity contribution < 1.29 is 19.0 Å². The predicted octanol–water partition coefficient (Wildman–Crippen LogP) is 1.43. The van der Waals surface area contributed by atoms with Crippen LogP contribution in [0.2, 0.25) is 0 Å². The molecule has 0 aromatic heterocycles. The molecule has 1 aromatic rings. The van der Waals surface area contributed by atoms with E-state index in [1.165, 1.54) is 7.11 Å². The number of hydrogen-bond donors (Lipinski definition) is 1. The van der Waals surface area contributed by atoms with Gasteiger partial charge in [0.25, 0.3) is 0 Å². The third-order valence-corrected chi connectivity index (χ3v) is 2.56. The van der Waals surface area contributed by atoms with Gasteiger partial charge in [0.15, 0.2) is 6.29 Å². The molecule has 0 unspecified atom stereocenters. The van der Waals surface area contributed by atoms with Crippen LogP contribution in [0.25, 0.3) is 0 Å². The molecular weight excluding hydrogens is 234 g/mol. The minimum absolute atomic E-state index is 0.240. The SMILES string of the molecule is COC(=O)Cc1ccccc1NCC(OC)OC. The summed E-state index contributed by atoms with van der Waals surface area (Å²) >= 11 is 0. The van der Waals surface area contributed by atoms with E-state index in [0.29, 0.717) is 6.54 Å². The Kier molecular flexibility index (Phi) is 6.18. The average Bonchev–Trinajstić information content (AvgIpc) is 2.41. The summed E-state index contributed by atoms with van der Waals surface area (Å²) in [6.07, 6.45) is -0.0826. The largest absolute Gasteiger partial charge is 0.469 e. The van der Waals surface area contributed by atoms with Crippen molar-refractivity contribution >= 4 is 11.7 Å². The lowest BCUT2D eigenvalue weighted by Gasteiger charge is -2.16. The van der Waals surface area contributed by atoms with E-state index in [1.54, 1.807) is 14.2 Å². The van der Waals surface area contributed by atoms with E-state index in [2.05, 4.69) is 10.1 Å². The highest BCUT2D eigenvalue weighted by molar-refractivity contribution is 5.75. The quantitative estimate of drug-likeness (QED) is 0.588. The number of rotatable bonds is 7. The number of anilines is 1. The van der Waals surface area contributed by atoms with Gasteiger partial charge in [-0.2, -0.15) is 0 Å². The number of carbonyl (C=O) groups excluding carboxylic acids is 1. The zero-order valence-electron chi connectivity index (χ0n) is 10.9. The molecule has 1 N–H and O–H groups in total. The first-order valence-electron chi connectivity index (χ1n) is 5.65. The molecule has 1 rings (SSSR count). The van der Waals surface area contributed by atoms with Gasteiger partial charge in [-0.1, -0.05) is 18.2 Å². The van der Waals surface area contributed by atoms with Crippen molar-refractivity contribution in [2.45, 2.75) is 12.7 Å². The molecule has 0 heterocycles. The van der Waals surface area contributed by atoms with E-state index >= 15 is 0 Å². The summed E-state index contributed by atoms with van der Waals surface area (Å²) in [6.45, 7) is 0.505. The van der Waals surface area contributed by atoms with Gasteiger partial charge in [0.05, 0.1) is 20.1 Å². The van der Waals surface area contributed by atoms with Crippen LogP contribution in [0, 0.1) is 0 Å². The molecule has 0 radical (unpaired) electrons. The summed E-state index contributed by atoms with van der Waals surface area (Å²) in [4.78, 5) is 11.3. The molecule has 18 heavy (non-hydrogen) atoms. The number of methoxy groups -OCH3 is 3. The maximum atomic E-state index is 11.3. The van der Waals surface area contributed by atoms with Crippen molar-refractivity contribution in [2.24, 2.45) is 0 Å². The Morgan fingerprint density at radius 2 is 1.89 bits per heavy atom. The Morgan fingerprint density at radius 1 is 1.22 bits per heavy atom. The number of benzene rings is 1. The standard InChI is InChI=1S/C13H19NO4/c1-16-12(15)8-10-6-4-5-7-11(10)14-9-13(17-2)18-3/h4-7,13-14H,8-9H2,1-3H3. The normalized spacial score (nSPS) is 10.4. The van der Waals surface area contributed by atoms with Crippen molar-refractivity contribution in [3.63, 3.8) is 0 Å². The zero-order valence-corrected chi connectivity index (χ0v) is 10.9. The molecule has 0 spiro atoms. The highest BCUT2D eigenvalue weighted by Gasteiger charge is 2.09. The van der Waals surface area contributed by atoms with Gasteiger partial charge in [0, 0.05) is 19.9 Å². The molecule has 100 valence electrons. The van der Waals surface area contributed by atoms with Crippen molar-refractivity contribution in [2.75, 3.05) is 33.2 Å². The van der Waals surface area contributed by atoms with Crippen LogP contribution in [0.5, 0.6) is 0 Å². The number of carbonyl (C=O) groups is 1. The van der Waals surface area contributed by atoms with Gasteiger partial charge in [-0.25, -0.2) is 0 Å². The molecule has 0 amide bonds. The first-order chi connectivity index (χ1) is 8.71. The van der Waals surface area contributed by atoms with Gasteiger partial charge in [0.2, 0.25) is 0 Å². The molecule has 0 atom stereocenters. The van der Waals surface area contributed by atoms with Crippen molar-refractivity contribution in [1.82, 2.24) is 0 Å². The van der Waals surface area contributed by atoms with Crippen molar-refractivity contribution in [3.8, 4) is 0 Å². The lowest BCUT2D eigenvalue weighted by atomic mass is 10.1. The van der Waals surface area contributed by atoms with Crippen LogP contribution in [-0.2, 0) is 25.4 Å². The Morgan fingerprint density at radius 3 is 2.50 bits per heavy atom. The van der Waals surface area contributed by atoms with Crippen LogP contribution >= 0.6 is 0 Å². The van der Waals surface area contributed by atoms with E-state index in [1.807, 2.05) is 24.3 Å². The molecular formula is C13H19NO4. The van der Waals surface area contributed by atoms with Crippen molar-refractivity contribution in [1.29, 1.82) is 0 Å². The van der Waals surface area contributed by atoms with Gasteiger partial charge < -0.3 is 19.5 Å². The smallest absolute Gasteiger partial charge is 0.310 e. The second-order valence-electron chi connectivity index (χ2n) is 3.69. The van der Waals surface area contributed by atoms with E-state index < -0.39 is 0 Å². The zero-order chi connectivity index (χ0) is 13.4. The maximum absolute atomic E-state index is 11.3. The molecule has 1 aromatic carbocycles. The van der Waals surface area contributed by atoms with Gasteiger partial charge in [-0.3, -0.25) is 4.79 Å². The second kappa shape index (κ2) is 7.68. The molecule has 0 fully saturated rings. The number of para-hydroxylation sites is 1. The first kappa shape index (κ1) is 14.5. The minimum atomic E-state index is -0.323. The van der Waals surface area contributed by atoms with Gasteiger partial charge >= 0.3 is 5.97 Å². The minimum Gasteiger partial charge on any atom is -0.469 e. The van der Waals surface area contributed by atoms with Crippen LogP contribution in [0.1, 0.15) is 5.56 Å². The maximum Gasteiger partial charge on any atom is 0.310 e. The van der Waals surface area contributed by atoms with Crippen LogP contribution in [0.3, 0.4) is 0 Å². The van der Waals surface area contributed by atoms with Crippen LogP contribution < -0.4 is 5.32 Å². The summed E-state index contributed by atoms with van der Waals surface area (Å²) in [5, 5.41) is 3.19. The number of hydrogen-bond acceptors (Lipinski definition) is 5. The molecule has 5 nitrogen and oxygen atoms in total. The fourth-order valence-corrected chi connectivity index (χ4v) is 1.53. The molecule has 0 aliphatic heterocycles. The molecule has 0 saturated heterocycles. The molecule has 0 aliphatic carbocycles. The molecule has 0 aliphatic rings. The Hall–Kier alpha value is -1.59. The fourth-order valence-electron chi connectivity index (χ4n) is 1.53. The molecule has 0 saturated carbocycles. The third-order valence-electron chi connectivity index (χ3n) is 2.56. The third kappa shape index (κ3) is 4.35. The first-order valence-corrected chi connectivity index (χ1v) is 5.65. The lowest BCUT2D eigenvalue weighted by Crippen LogP contribution is -2.24. The summed E-state index contributed by atoms with van der Waals surface area (Å²) in [6, 6.07) is 7.57. The summed E-state index contributed by atoms with van der Waals surface area (Å²) < 4.78 is 14.8. The Labute approximate surface area is 107 Å². The average molecular weight is 253 g/mol. The van der Waals surface area contributed by atoms with E-state index in [9.17, 15) is 4.79 Å². The number of ether oxygens (including phenoxy) is 3. The Bertz CT molecular complexity index is 377. The van der Waals surface area contributed by atoms with E-state index in [4.69, 9.17) is 9.47 Å². The molecule has 5 heteroatoms.